The van der Waals surface area contributed by atoms with Crippen LogP contribution in [-0.2, 0) is 10.2 Å². The molecule has 1 N–H and O–H groups in total. The number of carbonyl (C=O) groups is 3. The van der Waals surface area contributed by atoms with Gasteiger partial charge in [0.05, 0.1) is 23.2 Å². The predicted octanol–water partition coefficient (Wildman–Crippen LogP) is 5.91. The van der Waals surface area contributed by atoms with Gasteiger partial charge in [0.1, 0.15) is 11.5 Å². The second-order valence-corrected chi connectivity index (χ2v) is 10.2. The number of halogens is 1. The van der Waals surface area contributed by atoms with E-state index < -0.39 is 29.2 Å². The van der Waals surface area contributed by atoms with Crippen molar-refractivity contribution in [3.63, 3.8) is 0 Å². The van der Waals surface area contributed by atoms with Crippen molar-refractivity contribution in [2.45, 2.75) is 17.5 Å². The molecule has 0 aliphatic carbocycles. The molecule has 0 bridgehead atoms. The third kappa shape index (κ3) is 2.92. The van der Waals surface area contributed by atoms with E-state index >= 15 is 0 Å². The zero-order valence-corrected chi connectivity index (χ0v) is 20.8. The number of benzene rings is 3. The lowest BCUT2D eigenvalue weighted by Crippen LogP contribution is -2.49. The Balaban J connectivity index is 1.56. The summed E-state index contributed by atoms with van der Waals surface area (Å²) in [5.41, 5.74) is 2.01. The normalized spacial score (nSPS) is 24.6. The minimum absolute atomic E-state index is 0.0978. The summed E-state index contributed by atoms with van der Waals surface area (Å²) in [5.74, 6) is -2.06. The van der Waals surface area contributed by atoms with E-state index in [1.54, 1.807) is 36.4 Å². The summed E-state index contributed by atoms with van der Waals surface area (Å²) in [4.78, 5) is 45.0. The molecule has 7 heteroatoms. The Labute approximate surface area is 223 Å². The van der Waals surface area contributed by atoms with Crippen LogP contribution < -0.4 is 5.32 Å². The summed E-state index contributed by atoms with van der Waals surface area (Å²) in [6, 6.07) is 23.5. The van der Waals surface area contributed by atoms with Gasteiger partial charge in [-0.2, -0.15) is 0 Å². The fraction of sp³-hybridized carbons (Fsp3) is 0.129. The van der Waals surface area contributed by atoms with Gasteiger partial charge >= 0.3 is 0 Å². The number of nitrogens with one attached hydrogen (secondary N) is 1. The number of anilines is 1. The van der Waals surface area contributed by atoms with E-state index in [-0.39, 0.29) is 22.5 Å². The van der Waals surface area contributed by atoms with Crippen molar-refractivity contribution in [3.8, 4) is 0 Å². The minimum atomic E-state index is -1.40. The van der Waals surface area contributed by atoms with Crippen LogP contribution in [0.4, 0.5) is 5.69 Å². The van der Waals surface area contributed by atoms with Crippen LogP contribution in [0, 0.1) is 5.92 Å². The fourth-order valence-corrected chi connectivity index (χ4v) is 6.79. The molecule has 1 fully saturated rings. The first kappa shape index (κ1) is 22.8. The number of ketones is 2. The lowest BCUT2D eigenvalue weighted by Gasteiger charge is -2.38. The molecule has 4 heterocycles. The number of fused-ring (bicyclic) bond motifs is 6. The molecule has 1 saturated heterocycles. The maximum Gasteiger partial charge on any atom is 0.238 e. The summed E-state index contributed by atoms with van der Waals surface area (Å²) in [5, 5.41) is 3.31. The molecule has 7 rings (SSSR count). The van der Waals surface area contributed by atoms with Crippen molar-refractivity contribution in [3.05, 3.63) is 130 Å². The van der Waals surface area contributed by atoms with Crippen molar-refractivity contribution in [1.82, 2.24) is 4.90 Å². The maximum absolute atomic E-state index is 14.4. The highest BCUT2D eigenvalue weighted by Gasteiger charge is 2.71. The average molecular weight is 521 g/mol. The van der Waals surface area contributed by atoms with Crippen molar-refractivity contribution in [2.24, 2.45) is 5.92 Å². The fourth-order valence-electron chi connectivity index (χ4n) is 6.56. The Hall–Kier alpha value is -4.42. The van der Waals surface area contributed by atoms with Crippen LogP contribution in [0.5, 0.6) is 0 Å². The number of amides is 1. The van der Waals surface area contributed by atoms with Gasteiger partial charge < -0.3 is 14.6 Å². The molecule has 1 spiro atoms. The van der Waals surface area contributed by atoms with Crippen molar-refractivity contribution in [2.75, 3.05) is 5.32 Å². The Morgan fingerprint density at radius 3 is 2.47 bits per heavy atom. The molecule has 0 radical (unpaired) electrons. The molecule has 1 amide bonds. The van der Waals surface area contributed by atoms with Crippen LogP contribution in [0.1, 0.15) is 43.6 Å². The highest BCUT2D eigenvalue weighted by molar-refractivity contribution is 6.34. The third-order valence-corrected chi connectivity index (χ3v) is 8.35. The molecule has 6 nitrogen and oxygen atoms in total. The lowest BCUT2D eigenvalue weighted by molar-refractivity contribution is -0.122. The number of rotatable bonds is 4. The van der Waals surface area contributed by atoms with E-state index in [0.717, 1.165) is 11.1 Å². The second-order valence-electron chi connectivity index (χ2n) is 9.77. The molecule has 3 aliphatic heterocycles. The van der Waals surface area contributed by atoms with Gasteiger partial charge in [-0.3, -0.25) is 14.4 Å². The summed E-state index contributed by atoms with van der Waals surface area (Å²) in [6.45, 7) is 0. The van der Waals surface area contributed by atoms with Crippen LogP contribution in [0.3, 0.4) is 0 Å². The van der Waals surface area contributed by atoms with Gasteiger partial charge in [-0.05, 0) is 53.1 Å². The maximum atomic E-state index is 14.4. The molecule has 3 aliphatic rings. The van der Waals surface area contributed by atoms with Crippen LogP contribution in [0.2, 0.25) is 5.02 Å². The molecular weight excluding hydrogens is 500 g/mol. The highest BCUT2D eigenvalue weighted by atomic mass is 35.5. The molecule has 1 aromatic heterocycles. The summed E-state index contributed by atoms with van der Waals surface area (Å²) >= 11 is 6.50. The second kappa shape index (κ2) is 8.30. The van der Waals surface area contributed by atoms with Crippen LogP contribution in [-0.4, -0.2) is 28.4 Å². The Bertz CT molecular complexity index is 1660. The zero-order chi connectivity index (χ0) is 26.0. The Morgan fingerprint density at radius 2 is 1.66 bits per heavy atom. The highest BCUT2D eigenvalue weighted by Crippen LogP contribution is 2.62. The monoisotopic (exact) mass is 520 g/mol. The smallest absolute Gasteiger partial charge is 0.238 e. The number of nitrogens with zero attached hydrogens (tertiary/aromatic N) is 1. The summed E-state index contributed by atoms with van der Waals surface area (Å²) in [6.07, 6.45) is 5.17. The van der Waals surface area contributed by atoms with Gasteiger partial charge in [0.25, 0.3) is 0 Å². The largest absolute Gasteiger partial charge is 0.461 e. The van der Waals surface area contributed by atoms with Crippen molar-refractivity contribution in [1.29, 1.82) is 0 Å². The van der Waals surface area contributed by atoms with Crippen LogP contribution in [0.25, 0.3) is 6.08 Å². The molecule has 4 aromatic rings. The number of hydrogen-bond donors (Lipinski definition) is 1. The number of furan rings is 1. The topological polar surface area (TPSA) is 79.6 Å². The van der Waals surface area contributed by atoms with E-state index in [1.807, 2.05) is 65.7 Å². The molecule has 0 unspecified atom stereocenters. The molecule has 0 saturated carbocycles. The molecule has 38 heavy (non-hydrogen) atoms. The Kier molecular flexibility index (Phi) is 4.97. The first-order valence-corrected chi connectivity index (χ1v) is 12.7. The lowest BCUT2D eigenvalue weighted by atomic mass is 9.63. The SMILES string of the molecule is O=C(c1ccccc1Cl)[C@@H]1[C@@H](C(=O)c2ccco2)[C@@]2(C(=O)Nc3ccccc32)[C@H]2c3ccccc3C=CN12. The van der Waals surface area contributed by atoms with E-state index in [2.05, 4.69) is 5.32 Å². The van der Waals surface area contributed by atoms with Gasteiger partial charge in [-0.15, -0.1) is 0 Å². The van der Waals surface area contributed by atoms with Gasteiger partial charge in [-0.25, -0.2) is 0 Å². The van der Waals surface area contributed by atoms with Crippen LogP contribution >= 0.6 is 11.6 Å². The molecular formula is C31H21ClN2O4. The first-order valence-electron chi connectivity index (χ1n) is 12.4. The number of para-hydroxylation sites is 1. The average Bonchev–Trinajstić information content (AvgIpc) is 3.65. The van der Waals surface area contributed by atoms with Crippen LogP contribution in [0.15, 0.2) is 102 Å². The summed E-state index contributed by atoms with van der Waals surface area (Å²) in [7, 11) is 0. The first-order chi connectivity index (χ1) is 18.5. The van der Waals surface area contributed by atoms with Gasteiger partial charge in [-0.1, -0.05) is 66.2 Å². The summed E-state index contributed by atoms with van der Waals surface area (Å²) < 4.78 is 5.56. The van der Waals surface area contributed by atoms with E-state index in [4.69, 9.17) is 16.0 Å². The number of carbonyl (C=O) groups excluding carboxylic acids is 3. The zero-order valence-electron chi connectivity index (χ0n) is 20.0. The van der Waals surface area contributed by atoms with Gasteiger partial charge in [0.15, 0.2) is 11.5 Å². The predicted molar refractivity (Wildman–Crippen MR) is 143 cm³/mol. The number of hydrogen-bond acceptors (Lipinski definition) is 5. The van der Waals surface area contributed by atoms with Crippen molar-refractivity contribution < 1.29 is 18.8 Å². The Morgan fingerprint density at radius 1 is 0.895 bits per heavy atom. The quantitative estimate of drug-likeness (QED) is 0.338. The molecule has 3 aromatic carbocycles. The van der Waals surface area contributed by atoms with E-state index in [0.29, 0.717) is 16.8 Å². The molecule has 186 valence electrons. The number of Topliss-reactive ketones (excluding diaryl/α,β-unsaturated/α-hetero) is 2. The molecule has 4 atom stereocenters. The minimum Gasteiger partial charge on any atom is -0.461 e. The van der Waals surface area contributed by atoms with Gasteiger partial charge in [0.2, 0.25) is 11.7 Å². The van der Waals surface area contributed by atoms with Crippen molar-refractivity contribution >= 4 is 40.8 Å². The third-order valence-electron chi connectivity index (χ3n) is 8.02. The van der Waals surface area contributed by atoms with E-state index in [1.165, 1.54) is 6.26 Å². The van der Waals surface area contributed by atoms with Gasteiger partial charge in [0, 0.05) is 17.5 Å². The standard InChI is InChI=1S/C31H21ClN2O4/c32-22-12-5-3-10-20(22)27(35)26-25(28(36)24-14-7-17-38-24)31(21-11-4-6-13-23(21)33-30(31)37)29-19-9-2-1-8-18(19)15-16-34(26)29/h1-17,25-26,29H,(H,33,37)/t25-,26-,29+,31+/m0/s1. The van der Waals surface area contributed by atoms with E-state index in [9.17, 15) is 14.4 Å².